The molecule has 158 valence electrons. The van der Waals surface area contributed by atoms with Crippen molar-refractivity contribution in [3.63, 3.8) is 0 Å². The topological polar surface area (TPSA) is 103 Å². The molecule has 8 heteroatoms. The first-order chi connectivity index (χ1) is 14.3. The molecule has 3 rings (SSSR count). The van der Waals surface area contributed by atoms with Crippen molar-refractivity contribution >= 4 is 5.91 Å². The monoisotopic (exact) mass is 409 g/mol. The van der Waals surface area contributed by atoms with Gasteiger partial charge in [0, 0.05) is 29.1 Å². The normalized spacial score (nSPS) is 11.4. The summed E-state index contributed by atoms with van der Waals surface area (Å²) in [6.07, 6.45) is 3.61. The summed E-state index contributed by atoms with van der Waals surface area (Å²) in [7, 11) is 0. The number of nitrogens with zero attached hydrogens (tertiary/aromatic N) is 4. The van der Waals surface area contributed by atoms with Gasteiger partial charge in [0.15, 0.2) is 5.69 Å². The van der Waals surface area contributed by atoms with Crippen molar-refractivity contribution in [2.45, 2.75) is 59.6 Å². The Hall–Kier alpha value is -3.29. The lowest BCUT2D eigenvalue weighted by Crippen LogP contribution is -2.43. The van der Waals surface area contributed by atoms with E-state index in [0.29, 0.717) is 17.3 Å². The van der Waals surface area contributed by atoms with Crippen molar-refractivity contribution in [1.29, 1.82) is 0 Å². The zero-order valence-electron chi connectivity index (χ0n) is 18.0. The van der Waals surface area contributed by atoms with Crippen LogP contribution in [-0.2, 0) is 6.61 Å². The summed E-state index contributed by atoms with van der Waals surface area (Å²) in [6.45, 7) is 10.0. The Morgan fingerprint density at radius 2 is 1.97 bits per heavy atom. The molecule has 8 nitrogen and oxygen atoms in total. The second-order valence-corrected chi connectivity index (χ2v) is 7.89. The maximum absolute atomic E-state index is 12.4. The second-order valence-electron chi connectivity index (χ2n) is 7.89. The van der Waals surface area contributed by atoms with E-state index in [0.717, 1.165) is 29.7 Å². The van der Waals surface area contributed by atoms with Gasteiger partial charge in [-0.1, -0.05) is 18.5 Å². The quantitative estimate of drug-likeness (QED) is 0.599. The van der Waals surface area contributed by atoms with Gasteiger partial charge in [-0.05, 0) is 52.3 Å². The SMILES string of the molecule is CCCC(C)(C)NC(=O)c1ccc(OCc2c(-c3ccc(C)nc3)noc2C)nn1. The number of hydrogen-bond donors (Lipinski definition) is 1. The Labute approximate surface area is 176 Å². The van der Waals surface area contributed by atoms with Gasteiger partial charge < -0.3 is 14.6 Å². The summed E-state index contributed by atoms with van der Waals surface area (Å²) < 4.78 is 11.1. The first-order valence-electron chi connectivity index (χ1n) is 9.96. The fourth-order valence-electron chi connectivity index (χ4n) is 3.12. The van der Waals surface area contributed by atoms with Crippen LogP contribution in [0.15, 0.2) is 35.0 Å². The molecule has 1 amide bonds. The molecule has 0 radical (unpaired) electrons. The molecule has 0 saturated heterocycles. The largest absolute Gasteiger partial charge is 0.472 e. The van der Waals surface area contributed by atoms with Crippen molar-refractivity contribution in [3.05, 3.63) is 53.2 Å². The van der Waals surface area contributed by atoms with Gasteiger partial charge >= 0.3 is 0 Å². The van der Waals surface area contributed by atoms with Crippen LogP contribution >= 0.6 is 0 Å². The Morgan fingerprint density at radius 3 is 2.60 bits per heavy atom. The number of ether oxygens (including phenoxy) is 1. The third-order valence-electron chi connectivity index (χ3n) is 4.73. The molecular weight excluding hydrogens is 382 g/mol. The molecule has 3 aromatic heterocycles. The molecule has 0 fully saturated rings. The highest BCUT2D eigenvalue weighted by atomic mass is 16.5. The maximum Gasteiger partial charge on any atom is 0.272 e. The number of aromatic nitrogens is 4. The van der Waals surface area contributed by atoms with Crippen molar-refractivity contribution in [3.8, 4) is 17.1 Å². The average molecular weight is 409 g/mol. The zero-order chi connectivity index (χ0) is 21.7. The summed E-state index contributed by atoms with van der Waals surface area (Å²) in [6, 6.07) is 7.09. The molecule has 0 aliphatic carbocycles. The van der Waals surface area contributed by atoms with E-state index in [-0.39, 0.29) is 23.7 Å². The van der Waals surface area contributed by atoms with Crippen LogP contribution in [0.3, 0.4) is 0 Å². The lowest BCUT2D eigenvalue weighted by atomic mass is 9.99. The number of hydrogen-bond acceptors (Lipinski definition) is 7. The fourth-order valence-corrected chi connectivity index (χ4v) is 3.12. The molecule has 0 aliphatic heterocycles. The van der Waals surface area contributed by atoms with Crippen LogP contribution < -0.4 is 10.1 Å². The van der Waals surface area contributed by atoms with Gasteiger partial charge in [-0.2, -0.15) is 0 Å². The first-order valence-corrected chi connectivity index (χ1v) is 9.96. The van der Waals surface area contributed by atoms with E-state index in [2.05, 4.69) is 32.6 Å². The standard InChI is InChI=1S/C22H27N5O3/c1-6-11-22(4,5)24-21(28)18-9-10-19(26-25-18)29-13-17-15(3)30-27-20(17)16-8-7-14(2)23-12-16/h7-10,12H,6,11,13H2,1-5H3,(H,24,28). The minimum absolute atomic E-state index is 0.211. The van der Waals surface area contributed by atoms with Gasteiger partial charge in [0.25, 0.3) is 5.91 Å². The predicted octanol–water partition coefficient (Wildman–Crippen LogP) is 4.03. The second kappa shape index (κ2) is 9.02. The number of amides is 1. The third-order valence-corrected chi connectivity index (χ3v) is 4.73. The molecular formula is C22H27N5O3. The third kappa shape index (κ3) is 5.20. The van der Waals surface area contributed by atoms with Crippen molar-refractivity contribution in [1.82, 2.24) is 25.7 Å². The van der Waals surface area contributed by atoms with E-state index in [1.165, 1.54) is 0 Å². The van der Waals surface area contributed by atoms with Crippen LogP contribution in [0.5, 0.6) is 5.88 Å². The van der Waals surface area contributed by atoms with E-state index in [1.54, 1.807) is 18.3 Å². The van der Waals surface area contributed by atoms with Crippen molar-refractivity contribution in [2.24, 2.45) is 0 Å². The van der Waals surface area contributed by atoms with Crippen LogP contribution in [0.25, 0.3) is 11.3 Å². The summed E-state index contributed by atoms with van der Waals surface area (Å²) >= 11 is 0. The van der Waals surface area contributed by atoms with Gasteiger partial charge in [-0.3, -0.25) is 9.78 Å². The van der Waals surface area contributed by atoms with Gasteiger partial charge in [0.2, 0.25) is 5.88 Å². The Morgan fingerprint density at radius 1 is 1.17 bits per heavy atom. The van der Waals surface area contributed by atoms with Gasteiger partial charge in [0.1, 0.15) is 18.1 Å². The van der Waals surface area contributed by atoms with Crippen LogP contribution in [0.1, 0.15) is 61.1 Å². The lowest BCUT2D eigenvalue weighted by Gasteiger charge is -2.25. The number of carbonyl (C=O) groups excluding carboxylic acids is 1. The minimum atomic E-state index is -0.296. The molecule has 0 atom stereocenters. The van der Waals surface area contributed by atoms with E-state index in [4.69, 9.17) is 9.26 Å². The van der Waals surface area contributed by atoms with E-state index < -0.39 is 0 Å². The number of carbonyl (C=O) groups is 1. The van der Waals surface area contributed by atoms with Gasteiger partial charge in [-0.25, -0.2) is 0 Å². The molecule has 0 spiro atoms. The lowest BCUT2D eigenvalue weighted by molar-refractivity contribution is 0.0902. The molecule has 0 aromatic carbocycles. The summed E-state index contributed by atoms with van der Waals surface area (Å²) in [5.41, 5.74) is 3.22. The van der Waals surface area contributed by atoms with Crippen LogP contribution in [0.2, 0.25) is 0 Å². The van der Waals surface area contributed by atoms with Crippen molar-refractivity contribution < 1.29 is 14.1 Å². The average Bonchev–Trinajstić information content (AvgIpc) is 3.07. The van der Waals surface area contributed by atoms with Crippen LogP contribution in [0, 0.1) is 13.8 Å². The van der Waals surface area contributed by atoms with E-state index >= 15 is 0 Å². The first kappa shape index (κ1) is 21.4. The molecule has 0 bridgehead atoms. The summed E-state index contributed by atoms with van der Waals surface area (Å²) in [4.78, 5) is 16.7. The molecule has 0 unspecified atom stereocenters. The van der Waals surface area contributed by atoms with Gasteiger partial charge in [0.05, 0.1) is 5.56 Å². The molecule has 1 N–H and O–H groups in total. The number of aryl methyl sites for hydroxylation is 2. The molecule has 30 heavy (non-hydrogen) atoms. The van der Waals surface area contributed by atoms with E-state index in [1.807, 2.05) is 39.8 Å². The minimum Gasteiger partial charge on any atom is -0.472 e. The number of rotatable bonds is 8. The van der Waals surface area contributed by atoms with E-state index in [9.17, 15) is 4.79 Å². The highest BCUT2D eigenvalue weighted by Gasteiger charge is 2.21. The molecule has 0 aliphatic rings. The Kier molecular flexibility index (Phi) is 6.44. The molecule has 3 heterocycles. The molecule has 3 aromatic rings. The number of pyridine rings is 1. The van der Waals surface area contributed by atoms with Gasteiger partial charge in [-0.15, -0.1) is 10.2 Å². The van der Waals surface area contributed by atoms with Crippen molar-refractivity contribution in [2.75, 3.05) is 0 Å². The Bertz CT molecular complexity index is 995. The fraction of sp³-hybridized carbons (Fsp3) is 0.409. The van der Waals surface area contributed by atoms with Crippen LogP contribution in [0.4, 0.5) is 0 Å². The number of nitrogens with one attached hydrogen (secondary N) is 1. The summed E-state index contributed by atoms with van der Waals surface area (Å²) in [5.74, 6) is 0.720. The highest BCUT2D eigenvalue weighted by molar-refractivity contribution is 5.92. The van der Waals surface area contributed by atoms with Crippen LogP contribution in [-0.4, -0.2) is 31.8 Å². The molecule has 0 saturated carbocycles. The summed E-state index contributed by atoms with van der Waals surface area (Å²) in [5, 5.41) is 15.1. The zero-order valence-corrected chi connectivity index (χ0v) is 18.0. The Balaban J connectivity index is 1.67. The smallest absolute Gasteiger partial charge is 0.272 e. The maximum atomic E-state index is 12.4. The predicted molar refractivity (Wildman–Crippen MR) is 112 cm³/mol. The highest BCUT2D eigenvalue weighted by Crippen LogP contribution is 2.26.